The average Bonchev–Trinajstić information content (AvgIpc) is 2.60. The van der Waals surface area contributed by atoms with Crippen molar-refractivity contribution < 1.29 is 24.2 Å². The van der Waals surface area contributed by atoms with Crippen LogP contribution in [-0.2, 0) is 9.59 Å². The highest BCUT2D eigenvalue weighted by molar-refractivity contribution is 6.32. The summed E-state index contributed by atoms with van der Waals surface area (Å²) in [6.45, 7) is -0.696. The third-order valence-corrected chi connectivity index (χ3v) is 3.44. The van der Waals surface area contributed by atoms with Crippen LogP contribution in [-0.4, -0.2) is 36.4 Å². The van der Waals surface area contributed by atoms with E-state index in [2.05, 4.69) is 10.5 Å². The van der Waals surface area contributed by atoms with E-state index < -0.39 is 18.5 Å². The summed E-state index contributed by atoms with van der Waals surface area (Å²) >= 11 is 11.7. The van der Waals surface area contributed by atoms with Gasteiger partial charge in [-0.1, -0.05) is 23.2 Å². The molecular formula is C17H14Cl2N2O5. The molecule has 0 bridgehead atoms. The van der Waals surface area contributed by atoms with Crippen molar-refractivity contribution in [2.24, 2.45) is 5.10 Å². The smallest absolute Gasteiger partial charge is 0.341 e. The highest BCUT2D eigenvalue weighted by atomic mass is 35.5. The second kappa shape index (κ2) is 9.65. The molecule has 2 aromatic rings. The molecule has 0 aliphatic rings. The molecule has 136 valence electrons. The van der Waals surface area contributed by atoms with Crippen molar-refractivity contribution >= 4 is 41.3 Å². The SMILES string of the molecule is O=C(O)COc1ccc(/C=N\NC(=O)COc2ccc(Cl)cc2)cc1Cl. The van der Waals surface area contributed by atoms with Crippen LogP contribution in [0, 0.1) is 0 Å². The molecule has 2 rings (SSSR count). The normalized spacial score (nSPS) is 10.5. The number of hydrazone groups is 1. The predicted molar refractivity (Wildman–Crippen MR) is 97.3 cm³/mol. The quantitative estimate of drug-likeness (QED) is 0.527. The standard InChI is InChI=1S/C17H14Cl2N2O5/c18-12-2-4-13(5-3-12)25-9-16(22)21-20-8-11-1-6-15(14(19)7-11)26-10-17(23)24/h1-8H,9-10H2,(H,21,22)(H,23,24)/b20-8-. The van der Waals surface area contributed by atoms with Gasteiger partial charge in [-0.3, -0.25) is 4.79 Å². The summed E-state index contributed by atoms with van der Waals surface area (Å²) in [4.78, 5) is 22.1. The number of carbonyl (C=O) groups is 2. The van der Waals surface area contributed by atoms with Gasteiger partial charge in [0.2, 0.25) is 0 Å². The van der Waals surface area contributed by atoms with Gasteiger partial charge in [0, 0.05) is 5.02 Å². The van der Waals surface area contributed by atoms with Gasteiger partial charge >= 0.3 is 5.97 Å². The summed E-state index contributed by atoms with van der Waals surface area (Å²) in [5, 5.41) is 13.2. The van der Waals surface area contributed by atoms with E-state index in [9.17, 15) is 9.59 Å². The van der Waals surface area contributed by atoms with E-state index >= 15 is 0 Å². The molecule has 0 atom stereocenters. The van der Waals surface area contributed by atoms with E-state index in [4.69, 9.17) is 37.8 Å². The van der Waals surface area contributed by atoms with Crippen molar-refractivity contribution in [3.8, 4) is 11.5 Å². The Balaban J connectivity index is 1.81. The maximum atomic E-state index is 11.7. The number of amides is 1. The van der Waals surface area contributed by atoms with Gasteiger partial charge < -0.3 is 14.6 Å². The lowest BCUT2D eigenvalue weighted by molar-refractivity contribution is -0.139. The van der Waals surface area contributed by atoms with Crippen LogP contribution >= 0.6 is 23.2 Å². The van der Waals surface area contributed by atoms with E-state index in [1.165, 1.54) is 18.3 Å². The van der Waals surface area contributed by atoms with Crippen molar-refractivity contribution in [2.45, 2.75) is 0 Å². The summed E-state index contributed by atoms with van der Waals surface area (Å²) in [5.41, 5.74) is 2.91. The van der Waals surface area contributed by atoms with Crippen LogP contribution in [0.1, 0.15) is 5.56 Å². The zero-order chi connectivity index (χ0) is 18.9. The molecule has 0 spiro atoms. The lowest BCUT2D eigenvalue weighted by Crippen LogP contribution is -2.24. The molecule has 0 fully saturated rings. The van der Waals surface area contributed by atoms with Gasteiger partial charge in [-0.25, -0.2) is 10.2 Å². The minimum absolute atomic E-state index is 0.207. The lowest BCUT2D eigenvalue weighted by atomic mass is 10.2. The fraction of sp³-hybridized carbons (Fsp3) is 0.118. The summed E-state index contributed by atoms with van der Waals surface area (Å²) in [5.74, 6) is -0.789. The molecule has 1 amide bonds. The summed E-state index contributed by atoms with van der Waals surface area (Å²) in [6, 6.07) is 11.3. The summed E-state index contributed by atoms with van der Waals surface area (Å²) in [6.07, 6.45) is 1.38. The Morgan fingerprint density at radius 2 is 1.81 bits per heavy atom. The highest BCUT2D eigenvalue weighted by Crippen LogP contribution is 2.24. The van der Waals surface area contributed by atoms with Crippen LogP contribution in [0.25, 0.3) is 0 Å². The molecule has 2 N–H and O–H groups in total. The third kappa shape index (κ3) is 6.62. The maximum absolute atomic E-state index is 11.7. The zero-order valence-electron chi connectivity index (χ0n) is 13.3. The number of nitrogens with one attached hydrogen (secondary N) is 1. The van der Waals surface area contributed by atoms with Gasteiger partial charge in [-0.05, 0) is 48.0 Å². The fourth-order valence-electron chi connectivity index (χ4n) is 1.74. The number of benzene rings is 2. The topological polar surface area (TPSA) is 97.2 Å². The van der Waals surface area contributed by atoms with Gasteiger partial charge in [-0.15, -0.1) is 0 Å². The number of aliphatic carboxylic acids is 1. The van der Waals surface area contributed by atoms with Crippen LogP contribution in [0.4, 0.5) is 0 Å². The summed E-state index contributed by atoms with van der Waals surface area (Å²) < 4.78 is 10.3. The van der Waals surface area contributed by atoms with Crippen LogP contribution in [0.15, 0.2) is 47.6 Å². The molecule has 0 aliphatic carbocycles. The zero-order valence-corrected chi connectivity index (χ0v) is 14.8. The molecular weight excluding hydrogens is 383 g/mol. The van der Waals surface area contributed by atoms with E-state index in [1.807, 2.05) is 0 Å². The first-order valence-electron chi connectivity index (χ1n) is 7.28. The number of nitrogens with zero attached hydrogens (tertiary/aromatic N) is 1. The molecule has 0 radical (unpaired) electrons. The number of carbonyl (C=O) groups excluding carboxylic acids is 1. The Kier molecular flexibility index (Phi) is 7.25. The van der Waals surface area contributed by atoms with Gasteiger partial charge in [0.1, 0.15) is 11.5 Å². The van der Waals surface area contributed by atoms with Gasteiger partial charge in [0.25, 0.3) is 5.91 Å². The van der Waals surface area contributed by atoms with Gasteiger partial charge in [0.15, 0.2) is 13.2 Å². The van der Waals surface area contributed by atoms with Gasteiger partial charge in [0.05, 0.1) is 11.2 Å². The molecule has 0 saturated heterocycles. The molecule has 0 heterocycles. The molecule has 7 nitrogen and oxygen atoms in total. The van der Waals surface area contributed by atoms with Crippen molar-refractivity contribution in [1.82, 2.24) is 5.43 Å². The van der Waals surface area contributed by atoms with Crippen LogP contribution in [0.2, 0.25) is 10.0 Å². The summed E-state index contributed by atoms with van der Waals surface area (Å²) in [7, 11) is 0. The molecule has 0 saturated carbocycles. The van der Waals surface area contributed by atoms with Crippen molar-refractivity contribution in [3.05, 3.63) is 58.1 Å². The Hall–Kier alpha value is -2.77. The van der Waals surface area contributed by atoms with Crippen molar-refractivity contribution in [1.29, 1.82) is 0 Å². The number of carboxylic acids is 1. The first-order chi connectivity index (χ1) is 12.4. The Morgan fingerprint density at radius 1 is 1.08 bits per heavy atom. The average molecular weight is 397 g/mol. The lowest BCUT2D eigenvalue weighted by Gasteiger charge is -2.06. The maximum Gasteiger partial charge on any atom is 0.341 e. The first-order valence-corrected chi connectivity index (χ1v) is 8.04. The minimum atomic E-state index is -1.10. The first kappa shape index (κ1) is 19.6. The van der Waals surface area contributed by atoms with E-state index in [-0.39, 0.29) is 17.4 Å². The molecule has 2 aromatic carbocycles. The molecule has 0 aliphatic heterocycles. The fourth-order valence-corrected chi connectivity index (χ4v) is 2.11. The number of halogens is 2. The van der Waals surface area contributed by atoms with Crippen LogP contribution in [0.3, 0.4) is 0 Å². The molecule has 9 heteroatoms. The number of hydrogen-bond donors (Lipinski definition) is 2. The molecule has 0 aromatic heterocycles. The Labute approximate surface area is 159 Å². The van der Waals surface area contributed by atoms with Gasteiger partial charge in [-0.2, -0.15) is 5.10 Å². The molecule has 26 heavy (non-hydrogen) atoms. The van der Waals surface area contributed by atoms with Crippen molar-refractivity contribution in [2.75, 3.05) is 13.2 Å². The predicted octanol–water partition coefficient (Wildman–Crippen LogP) is 2.99. The second-order valence-electron chi connectivity index (χ2n) is 4.91. The van der Waals surface area contributed by atoms with E-state index in [1.54, 1.807) is 30.3 Å². The number of hydrogen-bond acceptors (Lipinski definition) is 5. The van der Waals surface area contributed by atoms with E-state index in [0.29, 0.717) is 16.3 Å². The second-order valence-corrected chi connectivity index (χ2v) is 5.75. The van der Waals surface area contributed by atoms with Crippen LogP contribution < -0.4 is 14.9 Å². The largest absolute Gasteiger partial charge is 0.484 e. The Morgan fingerprint density at radius 3 is 2.46 bits per heavy atom. The third-order valence-electron chi connectivity index (χ3n) is 2.89. The van der Waals surface area contributed by atoms with Crippen molar-refractivity contribution in [3.63, 3.8) is 0 Å². The minimum Gasteiger partial charge on any atom is -0.484 e. The van der Waals surface area contributed by atoms with E-state index in [0.717, 1.165) is 0 Å². The monoisotopic (exact) mass is 396 g/mol. The number of carboxylic acid groups (broad SMARTS) is 1. The number of ether oxygens (including phenoxy) is 2. The van der Waals surface area contributed by atoms with Crippen LogP contribution in [0.5, 0.6) is 11.5 Å². The highest BCUT2D eigenvalue weighted by Gasteiger charge is 2.05. The molecule has 0 unspecified atom stereocenters. The Bertz CT molecular complexity index is 809. The number of rotatable bonds is 8.